The number of benzene rings is 1. The monoisotopic (exact) mass is 636 g/mol. The Bertz CT molecular complexity index is 1610. The second kappa shape index (κ2) is 13.2. The third kappa shape index (κ3) is 7.68. The Labute approximate surface area is 266 Å². The number of likely N-dealkylation sites (tertiary alicyclic amines) is 1. The summed E-state index contributed by atoms with van der Waals surface area (Å²) >= 11 is 0. The average Bonchev–Trinajstić information content (AvgIpc) is 3.76. The molecule has 3 heterocycles. The van der Waals surface area contributed by atoms with Crippen LogP contribution < -0.4 is 4.90 Å². The normalized spacial score (nSPS) is 19.5. The van der Waals surface area contributed by atoms with Gasteiger partial charge in [-0.25, -0.2) is 23.2 Å². The zero-order valence-corrected chi connectivity index (χ0v) is 27.7. The molecule has 242 valence electrons. The molecule has 0 radical (unpaired) electrons. The molecule has 1 aliphatic heterocycles. The van der Waals surface area contributed by atoms with Crippen molar-refractivity contribution in [2.24, 2.45) is 20.0 Å². The van der Waals surface area contributed by atoms with Crippen LogP contribution in [0.3, 0.4) is 0 Å². The molecule has 0 bridgehead atoms. The van der Waals surface area contributed by atoms with E-state index < -0.39 is 15.6 Å². The van der Waals surface area contributed by atoms with Crippen LogP contribution in [-0.2, 0) is 35.4 Å². The molecule has 2 aliphatic rings. The Morgan fingerprint density at radius 3 is 2.33 bits per heavy atom. The summed E-state index contributed by atoms with van der Waals surface area (Å²) < 4.78 is 39.2. The summed E-state index contributed by atoms with van der Waals surface area (Å²) in [5.74, 6) is 0.102. The molecule has 2 fully saturated rings. The summed E-state index contributed by atoms with van der Waals surface area (Å²) in [6.07, 6.45) is 9.95. The smallest absolute Gasteiger partial charge is 0.410 e. The molecule has 5 rings (SSSR count). The van der Waals surface area contributed by atoms with Gasteiger partial charge in [-0.15, -0.1) is 0 Å². The van der Waals surface area contributed by atoms with Crippen molar-refractivity contribution in [2.75, 3.05) is 24.5 Å². The first-order valence-corrected chi connectivity index (χ1v) is 17.0. The van der Waals surface area contributed by atoms with Gasteiger partial charge in [-0.1, -0.05) is 0 Å². The van der Waals surface area contributed by atoms with Crippen molar-refractivity contribution < 1.29 is 17.9 Å². The van der Waals surface area contributed by atoms with Gasteiger partial charge in [-0.3, -0.25) is 0 Å². The van der Waals surface area contributed by atoms with Crippen LogP contribution in [0.2, 0.25) is 0 Å². The number of hydrogen-bond acceptors (Lipinski definition) is 8. The topological polar surface area (TPSA) is 130 Å². The van der Waals surface area contributed by atoms with Crippen LogP contribution in [0, 0.1) is 17.2 Å². The zero-order chi connectivity index (χ0) is 32.4. The first kappa shape index (κ1) is 32.5. The molecule has 1 saturated heterocycles. The average molecular weight is 637 g/mol. The van der Waals surface area contributed by atoms with Gasteiger partial charge in [0, 0.05) is 63.9 Å². The fraction of sp³-hybridized carbons (Fsp3) is 0.562. The first-order valence-electron chi connectivity index (χ1n) is 15.5. The molecule has 3 aromatic rings. The number of aromatic nitrogens is 4. The van der Waals surface area contributed by atoms with Gasteiger partial charge in [0.1, 0.15) is 5.60 Å². The number of sulfonamides is 1. The number of nitriles is 1. The van der Waals surface area contributed by atoms with Crippen LogP contribution >= 0.6 is 0 Å². The molecule has 1 aliphatic carbocycles. The van der Waals surface area contributed by atoms with E-state index in [0.29, 0.717) is 57.4 Å². The lowest BCUT2D eigenvalue weighted by atomic mass is 9.96. The van der Waals surface area contributed by atoms with E-state index in [2.05, 4.69) is 20.9 Å². The largest absolute Gasteiger partial charge is 0.444 e. The number of hydrogen-bond donors (Lipinski definition) is 0. The number of imidazole rings is 2. The third-order valence-electron chi connectivity index (χ3n) is 8.76. The molecular weight excluding hydrogens is 592 g/mol. The maximum Gasteiger partial charge on any atom is 0.410 e. The molecule has 2 atom stereocenters. The van der Waals surface area contributed by atoms with E-state index in [1.165, 1.54) is 6.33 Å². The standard InChI is InChI=1S/C32H44N8O4S/c1-32(2,3)44-31(41)38-14-12-25(13-15-38)19-40(45(42,43)30-21-36(4)23-35-30)28-11-10-27(16-28)39(20-29-18-34-22-37(29)5)26-8-6-24(17-33)7-9-26/h6-9,18,21-23,25,27-28H,10-16,19-20H2,1-5H3/t27-,28-/m1/s1. The number of carbonyl (C=O) groups is 1. The third-order valence-corrected chi connectivity index (χ3v) is 10.6. The minimum absolute atomic E-state index is 0.0541. The highest BCUT2D eigenvalue weighted by Crippen LogP contribution is 2.36. The van der Waals surface area contributed by atoms with Crippen LogP contribution in [0.5, 0.6) is 0 Å². The fourth-order valence-corrected chi connectivity index (χ4v) is 8.03. The molecule has 2 aromatic heterocycles. The Morgan fingerprint density at radius 2 is 1.76 bits per heavy atom. The number of rotatable bonds is 9. The van der Waals surface area contributed by atoms with Crippen molar-refractivity contribution in [3.63, 3.8) is 0 Å². The van der Waals surface area contributed by atoms with E-state index in [4.69, 9.17) is 4.74 Å². The number of amides is 1. The lowest BCUT2D eigenvalue weighted by Crippen LogP contribution is -2.47. The van der Waals surface area contributed by atoms with Crippen LogP contribution in [0.4, 0.5) is 10.5 Å². The lowest BCUT2D eigenvalue weighted by Gasteiger charge is -2.37. The molecular formula is C32H44N8O4S. The summed E-state index contributed by atoms with van der Waals surface area (Å²) in [6.45, 7) is 7.60. The number of aryl methyl sites for hydroxylation is 2. The lowest BCUT2D eigenvalue weighted by molar-refractivity contribution is 0.0175. The Hall–Kier alpha value is -3.89. The second-order valence-electron chi connectivity index (χ2n) is 13.3. The molecule has 0 unspecified atom stereocenters. The van der Waals surface area contributed by atoms with Gasteiger partial charge in [0.15, 0.2) is 5.03 Å². The minimum Gasteiger partial charge on any atom is -0.444 e. The number of anilines is 1. The Balaban J connectivity index is 1.36. The van der Waals surface area contributed by atoms with Gasteiger partial charge >= 0.3 is 6.09 Å². The quantitative estimate of drug-likeness (QED) is 0.340. The molecule has 45 heavy (non-hydrogen) atoms. The van der Waals surface area contributed by atoms with Crippen molar-refractivity contribution in [2.45, 2.75) is 82.1 Å². The highest BCUT2D eigenvalue weighted by molar-refractivity contribution is 7.89. The maximum absolute atomic E-state index is 14.2. The van der Waals surface area contributed by atoms with Crippen LogP contribution in [0.15, 0.2) is 54.3 Å². The summed E-state index contributed by atoms with van der Waals surface area (Å²) in [6, 6.07) is 9.62. The highest BCUT2D eigenvalue weighted by atomic mass is 32.2. The number of carbonyl (C=O) groups excluding carboxylic acids is 1. The van der Waals surface area contributed by atoms with E-state index >= 15 is 0 Å². The van der Waals surface area contributed by atoms with Crippen molar-refractivity contribution in [3.05, 3.63) is 60.6 Å². The number of piperidine rings is 1. The molecule has 1 aromatic carbocycles. The Morgan fingerprint density at radius 1 is 1.07 bits per heavy atom. The Kier molecular flexibility index (Phi) is 9.55. The predicted molar refractivity (Wildman–Crippen MR) is 170 cm³/mol. The summed E-state index contributed by atoms with van der Waals surface area (Å²) in [5.41, 5.74) is 2.05. The second-order valence-corrected chi connectivity index (χ2v) is 15.1. The van der Waals surface area contributed by atoms with E-state index in [0.717, 1.165) is 17.8 Å². The van der Waals surface area contributed by atoms with Gasteiger partial charge < -0.3 is 23.7 Å². The number of ether oxygens (including phenoxy) is 1. The minimum atomic E-state index is -3.87. The van der Waals surface area contributed by atoms with Gasteiger partial charge in [-0.2, -0.15) is 9.57 Å². The SMILES string of the molecule is Cn1cnc(S(=O)(=O)N(CC2CCN(C(=O)OC(C)(C)C)CC2)[C@@H]2CC[C@@H](N(Cc3cncn3C)c3ccc(C#N)cc3)C2)c1. The fourth-order valence-electron chi connectivity index (χ4n) is 6.31. The van der Waals surface area contributed by atoms with Crippen LogP contribution in [-0.4, -0.2) is 80.1 Å². The molecule has 0 N–H and O–H groups in total. The van der Waals surface area contributed by atoms with Crippen molar-refractivity contribution in [3.8, 4) is 6.07 Å². The molecule has 1 saturated carbocycles. The predicted octanol–water partition coefficient (Wildman–Crippen LogP) is 4.29. The summed E-state index contributed by atoms with van der Waals surface area (Å²) in [7, 11) is -0.138. The molecule has 1 amide bonds. The van der Waals surface area contributed by atoms with E-state index in [1.807, 2.05) is 62.8 Å². The van der Waals surface area contributed by atoms with Gasteiger partial charge in [0.2, 0.25) is 0 Å². The van der Waals surface area contributed by atoms with Crippen LogP contribution in [0.25, 0.3) is 0 Å². The zero-order valence-electron chi connectivity index (χ0n) is 26.8. The molecule has 12 nitrogen and oxygen atoms in total. The van der Waals surface area contributed by atoms with Crippen molar-refractivity contribution in [1.82, 2.24) is 28.3 Å². The van der Waals surface area contributed by atoms with Gasteiger partial charge in [0.25, 0.3) is 10.0 Å². The van der Waals surface area contributed by atoms with E-state index in [1.54, 1.807) is 33.3 Å². The molecule has 0 spiro atoms. The van der Waals surface area contributed by atoms with Crippen LogP contribution in [0.1, 0.15) is 64.1 Å². The van der Waals surface area contributed by atoms with Crippen molar-refractivity contribution >= 4 is 21.8 Å². The first-order chi connectivity index (χ1) is 21.3. The summed E-state index contributed by atoms with van der Waals surface area (Å²) in [4.78, 5) is 25.2. The maximum atomic E-state index is 14.2. The van der Waals surface area contributed by atoms with Gasteiger partial charge in [0.05, 0.1) is 36.5 Å². The van der Waals surface area contributed by atoms with E-state index in [9.17, 15) is 18.5 Å². The summed E-state index contributed by atoms with van der Waals surface area (Å²) in [5, 5.41) is 9.40. The van der Waals surface area contributed by atoms with Crippen molar-refractivity contribution in [1.29, 1.82) is 5.26 Å². The van der Waals surface area contributed by atoms with E-state index in [-0.39, 0.29) is 29.1 Å². The highest BCUT2D eigenvalue weighted by Gasteiger charge is 2.41. The number of nitrogens with zero attached hydrogens (tertiary/aromatic N) is 8. The van der Waals surface area contributed by atoms with Gasteiger partial charge in [-0.05, 0) is 83.1 Å². The molecule has 13 heteroatoms.